The maximum atomic E-state index is 9.52. The molecule has 0 atom stereocenters. The molecule has 0 saturated carbocycles. The number of fused-ring (bicyclic) bond motifs is 2. The van der Waals surface area contributed by atoms with Crippen LogP contribution in [0.5, 0.6) is 23.1 Å². The third-order valence-corrected chi connectivity index (χ3v) is 5.77. The van der Waals surface area contributed by atoms with Crippen LogP contribution in [0.1, 0.15) is 22.3 Å². The molecule has 38 heavy (non-hydrogen) atoms. The fourth-order valence-electron chi connectivity index (χ4n) is 3.82. The van der Waals surface area contributed by atoms with Crippen molar-refractivity contribution in [1.82, 2.24) is 4.98 Å². The van der Waals surface area contributed by atoms with E-state index in [4.69, 9.17) is 18.8 Å². The molecule has 3 aromatic carbocycles. The largest absolute Gasteiger partial charge is 1.00 e. The molecule has 2 N–H and O–H groups in total. The first kappa shape index (κ1) is 32.5. The molecule has 0 saturated heterocycles. The molecule has 2 aliphatic rings. The summed E-state index contributed by atoms with van der Waals surface area (Å²) in [5.74, 6) is 2.67. The number of hydrogen-bond acceptors (Lipinski definition) is 7. The van der Waals surface area contributed by atoms with Crippen LogP contribution >= 0.6 is 0 Å². The molecule has 7 nitrogen and oxygen atoms in total. The van der Waals surface area contributed by atoms with E-state index in [1.165, 1.54) is 0 Å². The van der Waals surface area contributed by atoms with Gasteiger partial charge in [0.1, 0.15) is 17.4 Å². The van der Waals surface area contributed by atoms with E-state index < -0.39 is 14.2 Å². The average Bonchev–Trinajstić information content (AvgIpc) is 3.44. The summed E-state index contributed by atoms with van der Waals surface area (Å²) >= 11 is 0. The van der Waals surface area contributed by atoms with Crippen LogP contribution in [0.4, 0.5) is 0 Å². The van der Waals surface area contributed by atoms with Crippen molar-refractivity contribution in [2.24, 2.45) is 0 Å². The van der Waals surface area contributed by atoms with Crippen LogP contribution in [0.3, 0.4) is 0 Å². The van der Waals surface area contributed by atoms with Gasteiger partial charge in [0.05, 0.1) is 13.2 Å². The van der Waals surface area contributed by atoms with Crippen molar-refractivity contribution >= 4 is 25.2 Å². The molecule has 2 aliphatic heterocycles. The number of aromatic nitrogens is 1. The molecule has 1 aromatic heterocycles. The SMILES string of the molecule is Cc1[c-]cc(Oc2ccc3c(c2)COB3O)cc1.Cc1[c-]nc(Oc2ccc3c(c2)COB3O)cc1.[Rb+].[Rb+]. The molecule has 0 spiro atoms. The van der Waals surface area contributed by atoms with Gasteiger partial charge in [-0.1, -0.05) is 32.2 Å². The average molecular weight is 650 g/mol. The minimum atomic E-state index is -0.820. The first-order valence-corrected chi connectivity index (χ1v) is 11.5. The normalized spacial score (nSPS) is 12.8. The van der Waals surface area contributed by atoms with E-state index in [1.807, 2.05) is 62.4 Å². The van der Waals surface area contributed by atoms with Crippen LogP contribution in [-0.2, 0) is 22.5 Å². The Hall–Kier alpha value is -0.00974. The second-order valence-corrected chi connectivity index (χ2v) is 8.54. The Balaban J connectivity index is 0.000000200. The van der Waals surface area contributed by atoms with Gasteiger partial charge >= 0.3 is 131 Å². The topological polar surface area (TPSA) is 90.3 Å². The van der Waals surface area contributed by atoms with Crippen molar-refractivity contribution in [2.45, 2.75) is 27.1 Å². The number of aryl methyl sites for hydroxylation is 2. The Bertz CT molecular complexity index is 1250. The van der Waals surface area contributed by atoms with E-state index in [0.29, 0.717) is 24.8 Å². The Morgan fingerprint density at radius 1 is 0.737 bits per heavy atom. The summed E-state index contributed by atoms with van der Waals surface area (Å²) in [4.78, 5) is 4.05. The molecule has 0 bridgehead atoms. The Labute approximate surface area is 321 Å². The number of rotatable bonds is 4. The van der Waals surface area contributed by atoms with E-state index in [-0.39, 0.29) is 116 Å². The first-order valence-electron chi connectivity index (χ1n) is 11.5. The van der Waals surface area contributed by atoms with Gasteiger partial charge in [0.25, 0.3) is 0 Å². The standard InChI is InChI=1S/C14H12BO3.C13H11BNO3.2Rb/c1-10-2-4-12(5-3-10)18-13-6-7-14-11(8-13)9-17-15(14)16;1-9-2-5-13(15-7-9)18-11-3-4-12-10(6-11)8-17-14(12)16;;/h2,4-8,16H,9H2,1H3;2-6,16H,8H2,1H3;;/q2*-1;2*+1. The van der Waals surface area contributed by atoms with E-state index in [1.54, 1.807) is 18.2 Å². The smallest absolute Gasteiger partial charge is 0.517 e. The monoisotopic (exact) mass is 649 g/mol. The fourth-order valence-corrected chi connectivity index (χ4v) is 3.82. The Morgan fingerprint density at radius 2 is 1.29 bits per heavy atom. The van der Waals surface area contributed by atoms with Gasteiger partial charge < -0.3 is 33.8 Å². The van der Waals surface area contributed by atoms with E-state index in [9.17, 15) is 10.0 Å². The van der Waals surface area contributed by atoms with Crippen molar-refractivity contribution in [2.75, 3.05) is 0 Å². The molecule has 0 aliphatic carbocycles. The fraction of sp³-hybridized carbons (Fsp3) is 0.148. The number of ether oxygens (including phenoxy) is 2. The third kappa shape index (κ3) is 8.50. The van der Waals surface area contributed by atoms with Crippen molar-refractivity contribution < 1.29 is 145 Å². The van der Waals surface area contributed by atoms with Crippen LogP contribution in [0.25, 0.3) is 0 Å². The maximum Gasteiger partial charge on any atom is 1.00 e. The van der Waals surface area contributed by atoms with Crippen molar-refractivity contribution in [3.8, 4) is 23.1 Å². The van der Waals surface area contributed by atoms with E-state index >= 15 is 0 Å². The minimum absolute atomic E-state index is 0. The summed E-state index contributed by atoms with van der Waals surface area (Å²) in [7, 11) is -1.62. The summed E-state index contributed by atoms with van der Waals surface area (Å²) in [6.45, 7) is 4.73. The van der Waals surface area contributed by atoms with Crippen LogP contribution in [-0.4, -0.2) is 29.3 Å². The van der Waals surface area contributed by atoms with Gasteiger partial charge in [0, 0.05) is 5.75 Å². The van der Waals surface area contributed by atoms with Crippen LogP contribution in [0.15, 0.2) is 66.7 Å². The maximum absolute atomic E-state index is 9.52. The van der Waals surface area contributed by atoms with Gasteiger partial charge in [0.15, 0.2) is 0 Å². The zero-order valence-electron chi connectivity index (χ0n) is 21.9. The molecule has 0 radical (unpaired) electrons. The second-order valence-electron chi connectivity index (χ2n) is 8.54. The van der Waals surface area contributed by atoms with Gasteiger partial charge in [-0.2, -0.15) is 23.8 Å². The van der Waals surface area contributed by atoms with Crippen LogP contribution < -0.4 is 137 Å². The summed E-state index contributed by atoms with van der Waals surface area (Å²) in [6.07, 6.45) is 2.84. The van der Waals surface area contributed by atoms with Gasteiger partial charge in [-0.15, -0.1) is 23.8 Å². The number of benzene rings is 3. The van der Waals surface area contributed by atoms with Gasteiger partial charge in [-0.05, 0) is 46.3 Å². The van der Waals surface area contributed by atoms with Crippen molar-refractivity contribution in [3.05, 3.63) is 101 Å². The van der Waals surface area contributed by atoms with Crippen molar-refractivity contribution in [3.63, 3.8) is 0 Å². The molecule has 3 heterocycles. The minimum Gasteiger partial charge on any atom is -0.517 e. The number of nitrogens with zero attached hydrogens (tertiary/aromatic N) is 1. The van der Waals surface area contributed by atoms with E-state index in [0.717, 1.165) is 44.7 Å². The molecule has 0 fully saturated rings. The van der Waals surface area contributed by atoms with Crippen molar-refractivity contribution in [1.29, 1.82) is 0 Å². The molecule has 4 aromatic rings. The molecule has 11 heteroatoms. The zero-order valence-corrected chi connectivity index (χ0v) is 31.7. The predicted octanol–water partition coefficient (Wildman–Crippen LogP) is -2.99. The zero-order chi connectivity index (χ0) is 25.1. The van der Waals surface area contributed by atoms with Gasteiger partial charge in [-0.25, -0.2) is 0 Å². The van der Waals surface area contributed by atoms with E-state index in [2.05, 4.69) is 17.2 Å². The summed E-state index contributed by atoms with van der Waals surface area (Å²) in [6, 6.07) is 23.5. The van der Waals surface area contributed by atoms with Gasteiger partial charge in [-0.3, -0.25) is 0 Å². The second kappa shape index (κ2) is 15.3. The van der Waals surface area contributed by atoms with Crippen LogP contribution in [0.2, 0.25) is 0 Å². The number of pyridine rings is 1. The Kier molecular flexibility index (Phi) is 13.1. The molecule has 6 rings (SSSR count). The van der Waals surface area contributed by atoms with Crippen LogP contribution in [0, 0.1) is 26.1 Å². The summed E-state index contributed by atoms with van der Waals surface area (Å²) < 4.78 is 21.6. The number of hydrogen-bond donors (Lipinski definition) is 2. The third-order valence-electron chi connectivity index (χ3n) is 5.77. The molecule has 180 valence electrons. The molecular weight excluding hydrogens is 627 g/mol. The summed E-state index contributed by atoms with van der Waals surface area (Å²) in [5, 5.41) is 19.0. The Morgan fingerprint density at radius 3 is 1.82 bits per heavy atom. The molecule has 0 unspecified atom stereocenters. The molecular formula is C27H23B2NO6Rb2. The molecule has 0 amide bonds. The summed E-state index contributed by atoms with van der Waals surface area (Å²) in [5.41, 5.74) is 5.57. The van der Waals surface area contributed by atoms with Gasteiger partial charge in [0.2, 0.25) is 0 Å². The predicted molar refractivity (Wildman–Crippen MR) is 136 cm³/mol. The quantitative estimate of drug-likeness (QED) is 0.180. The first-order chi connectivity index (χ1) is 17.4.